The molecule has 0 radical (unpaired) electrons. The average Bonchev–Trinajstić information content (AvgIpc) is 3.05. The first kappa shape index (κ1) is 19.1. The second-order valence-electron chi connectivity index (χ2n) is 8.03. The quantitative estimate of drug-likeness (QED) is 0.555. The Morgan fingerprint density at radius 1 is 1.23 bits per heavy atom. The molecule has 2 aliphatic carbocycles. The van der Waals surface area contributed by atoms with Crippen molar-refractivity contribution in [2.75, 3.05) is 6.61 Å². The summed E-state index contributed by atoms with van der Waals surface area (Å²) in [6.07, 6.45) is -4.62. The molecule has 1 heterocycles. The van der Waals surface area contributed by atoms with Gasteiger partial charge in [0.05, 0.1) is 12.3 Å². The Morgan fingerprint density at radius 2 is 1.81 bits per heavy atom. The van der Waals surface area contributed by atoms with Gasteiger partial charge in [0.2, 0.25) is 5.92 Å². The van der Waals surface area contributed by atoms with Crippen LogP contribution < -0.4 is 0 Å². The average molecular weight is 380 g/mol. The first-order chi connectivity index (χ1) is 11.8. The number of hydrogen-bond acceptors (Lipinski definition) is 3. The summed E-state index contributed by atoms with van der Waals surface area (Å²) in [5.41, 5.74) is -3.63. The zero-order chi connectivity index (χ0) is 19.5. The molecule has 0 unspecified atom stereocenters. The van der Waals surface area contributed by atoms with E-state index in [-0.39, 0.29) is 18.8 Å². The third-order valence-corrected chi connectivity index (χ3v) is 5.18. The normalized spacial score (nSPS) is 22.6. The number of ether oxygens (including phenoxy) is 1. The molecule has 146 valence electrons. The second-order valence-corrected chi connectivity index (χ2v) is 8.03. The van der Waals surface area contributed by atoms with Gasteiger partial charge in [0.1, 0.15) is 5.56 Å². The van der Waals surface area contributed by atoms with Crippen LogP contribution in [0.3, 0.4) is 0 Å². The van der Waals surface area contributed by atoms with Crippen LogP contribution in [0, 0.1) is 5.41 Å². The molecule has 2 saturated carbocycles. The summed E-state index contributed by atoms with van der Waals surface area (Å²) in [5, 5.41) is 4.08. The number of esters is 1. The Hall–Kier alpha value is -1.67. The van der Waals surface area contributed by atoms with E-state index in [1.54, 1.807) is 13.8 Å². The molecule has 2 fully saturated rings. The third kappa shape index (κ3) is 3.32. The Kier molecular flexibility index (Phi) is 4.16. The molecule has 0 atom stereocenters. The van der Waals surface area contributed by atoms with Crippen LogP contribution in [-0.2, 0) is 22.9 Å². The third-order valence-electron chi connectivity index (χ3n) is 5.18. The minimum absolute atomic E-state index is 0.0940. The van der Waals surface area contributed by atoms with E-state index in [0.717, 1.165) is 4.68 Å². The molecule has 4 nitrogen and oxygen atoms in total. The number of hydrogen-bond donors (Lipinski definition) is 0. The van der Waals surface area contributed by atoms with Gasteiger partial charge in [0.15, 0.2) is 5.69 Å². The minimum atomic E-state index is -4.79. The van der Waals surface area contributed by atoms with Crippen molar-refractivity contribution in [3.05, 3.63) is 17.0 Å². The summed E-state index contributed by atoms with van der Waals surface area (Å²) < 4.78 is 73.6. The maximum atomic E-state index is 13.8. The van der Waals surface area contributed by atoms with E-state index >= 15 is 0 Å². The van der Waals surface area contributed by atoms with Crippen molar-refractivity contribution in [2.45, 2.75) is 70.5 Å². The highest BCUT2D eigenvalue weighted by atomic mass is 19.4. The number of carbonyl (C=O) groups is 1. The van der Waals surface area contributed by atoms with Gasteiger partial charge in [-0.3, -0.25) is 4.68 Å². The molecule has 26 heavy (non-hydrogen) atoms. The number of halogens is 5. The second kappa shape index (κ2) is 5.66. The van der Waals surface area contributed by atoms with Gasteiger partial charge in [-0.25, -0.2) is 13.6 Å². The maximum absolute atomic E-state index is 13.8. The van der Waals surface area contributed by atoms with Crippen LogP contribution in [0.5, 0.6) is 0 Å². The van der Waals surface area contributed by atoms with E-state index in [2.05, 4.69) is 5.10 Å². The lowest BCUT2D eigenvalue weighted by molar-refractivity contribution is -0.160. The Bertz CT molecular complexity index is 726. The van der Waals surface area contributed by atoms with E-state index in [9.17, 15) is 26.7 Å². The van der Waals surface area contributed by atoms with Gasteiger partial charge in [-0.1, -0.05) is 13.8 Å². The number of aromatic nitrogens is 2. The van der Waals surface area contributed by atoms with Gasteiger partial charge in [-0.2, -0.15) is 18.3 Å². The van der Waals surface area contributed by atoms with Crippen LogP contribution in [-0.4, -0.2) is 28.3 Å². The maximum Gasteiger partial charge on any atom is 0.420 e. The SMILES string of the molecule is CCOC(=O)c1c(C(F)(F)F)c(C2(C)CC2)nn1CC1(C)CC(F)(F)C1. The molecule has 0 aliphatic heterocycles. The zero-order valence-corrected chi connectivity index (χ0v) is 14.8. The topological polar surface area (TPSA) is 44.1 Å². The lowest BCUT2D eigenvalue weighted by atomic mass is 9.67. The molecule has 0 aromatic carbocycles. The highest BCUT2D eigenvalue weighted by Gasteiger charge is 2.56. The summed E-state index contributed by atoms with van der Waals surface area (Å²) in [4.78, 5) is 12.3. The van der Waals surface area contributed by atoms with Gasteiger partial charge < -0.3 is 4.74 Å². The summed E-state index contributed by atoms with van der Waals surface area (Å²) in [7, 11) is 0. The van der Waals surface area contributed by atoms with Gasteiger partial charge >= 0.3 is 12.1 Å². The van der Waals surface area contributed by atoms with Crippen LogP contribution in [0.25, 0.3) is 0 Å². The minimum Gasteiger partial charge on any atom is -0.461 e. The van der Waals surface area contributed by atoms with Gasteiger partial charge in [-0.05, 0) is 25.2 Å². The Balaban J connectivity index is 2.08. The molecule has 0 N–H and O–H groups in total. The molecule has 0 spiro atoms. The standard InChI is InChI=1S/C17H21F5N2O2/c1-4-26-13(25)11-10(17(20,21)22)12(15(3)5-6-15)23-24(11)9-14(2)7-16(18,19)8-14/h4-9H2,1-3H3. The fourth-order valence-electron chi connectivity index (χ4n) is 3.77. The van der Waals surface area contributed by atoms with E-state index in [1.807, 2.05) is 0 Å². The summed E-state index contributed by atoms with van der Waals surface area (Å²) in [6.45, 7) is 4.43. The van der Waals surface area contributed by atoms with Crippen molar-refractivity contribution in [3.63, 3.8) is 0 Å². The molecular formula is C17H21F5N2O2. The van der Waals surface area contributed by atoms with Crippen LogP contribution in [0.15, 0.2) is 0 Å². The lowest BCUT2D eigenvalue weighted by Gasteiger charge is -2.44. The number of rotatable bonds is 5. The monoisotopic (exact) mass is 380 g/mol. The van der Waals surface area contributed by atoms with Crippen molar-refractivity contribution in [1.29, 1.82) is 0 Å². The fourth-order valence-corrected chi connectivity index (χ4v) is 3.77. The molecule has 1 aromatic rings. The van der Waals surface area contributed by atoms with Crippen molar-refractivity contribution < 1.29 is 31.5 Å². The van der Waals surface area contributed by atoms with E-state index < -0.39 is 53.0 Å². The van der Waals surface area contributed by atoms with Crippen molar-refractivity contribution in [2.24, 2.45) is 5.41 Å². The van der Waals surface area contributed by atoms with Gasteiger partial charge in [-0.15, -0.1) is 0 Å². The highest BCUT2D eigenvalue weighted by Crippen LogP contribution is 2.54. The van der Waals surface area contributed by atoms with Crippen molar-refractivity contribution in [1.82, 2.24) is 9.78 Å². The van der Waals surface area contributed by atoms with Gasteiger partial charge in [0, 0.05) is 24.8 Å². The molecule has 1 aromatic heterocycles. The molecule has 0 saturated heterocycles. The number of alkyl halides is 5. The fraction of sp³-hybridized carbons (Fsp3) is 0.765. The molecular weight excluding hydrogens is 359 g/mol. The molecule has 0 bridgehead atoms. The van der Waals surface area contributed by atoms with Crippen LogP contribution >= 0.6 is 0 Å². The van der Waals surface area contributed by atoms with Gasteiger partial charge in [0.25, 0.3) is 0 Å². The lowest BCUT2D eigenvalue weighted by Crippen LogP contribution is -2.47. The zero-order valence-electron chi connectivity index (χ0n) is 14.8. The Morgan fingerprint density at radius 3 is 2.23 bits per heavy atom. The Labute approximate surface area is 147 Å². The summed E-state index contributed by atoms with van der Waals surface area (Å²) >= 11 is 0. The molecule has 2 aliphatic rings. The molecule has 9 heteroatoms. The number of nitrogens with zero attached hydrogens (tertiary/aromatic N) is 2. The van der Waals surface area contributed by atoms with Crippen LogP contribution in [0.2, 0.25) is 0 Å². The van der Waals surface area contributed by atoms with E-state index in [1.165, 1.54) is 6.92 Å². The smallest absolute Gasteiger partial charge is 0.420 e. The van der Waals surface area contributed by atoms with Crippen molar-refractivity contribution >= 4 is 5.97 Å². The first-order valence-electron chi connectivity index (χ1n) is 8.54. The largest absolute Gasteiger partial charge is 0.461 e. The predicted molar refractivity (Wildman–Crippen MR) is 82.1 cm³/mol. The summed E-state index contributed by atoms with van der Waals surface area (Å²) in [6, 6.07) is 0. The molecule has 0 amide bonds. The van der Waals surface area contributed by atoms with E-state index in [4.69, 9.17) is 4.74 Å². The van der Waals surface area contributed by atoms with Crippen LogP contribution in [0.1, 0.15) is 68.2 Å². The summed E-state index contributed by atoms with van der Waals surface area (Å²) in [5.74, 6) is -3.96. The van der Waals surface area contributed by atoms with E-state index in [0.29, 0.717) is 12.8 Å². The van der Waals surface area contributed by atoms with Crippen LogP contribution in [0.4, 0.5) is 22.0 Å². The highest BCUT2D eigenvalue weighted by molar-refractivity contribution is 5.90. The predicted octanol–water partition coefficient (Wildman–Crippen LogP) is 4.57. The van der Waals surface area contributed by atoms with Crippen molar-refractivity contribution in [3.8, 4) is 0 Å². The first-order valence-corrected chi connectivity index (χ1v) is 8.54. The number of carbonyl (C=O) groups excluding carboxylic acids is 1. The molecule has 3 rings (SSSR count).